The van der Waals surface area contributed by atoms with E-state index in [2.05, 4.69) is 43.4 Å². The van der Waals surface area contributed by atoms with Gasteiger partial charge in [0.15, 0.2) is 0 Å². The summed E-state index contributed by atoms with van der Waals surface area (Å²) in [5.41, 5.74) is 5.34. The normalized spacial score (nSPS) is 23.7. The second kappa shape index (κ2) is 5.62. The first-order valence-corrected chi connectivity index (χ1v) is 8.47. The third-order valence-corrected chi connectivity index (χ3v) is 5.37. The van der Waals surface area contributed by atoms with Crippen LogP contribution in [0.2, 0.25) is 0 Å². The Kier molecular flexibility index (Phi) is 3.53. The molecule has 2 aromatic carbocycles. The van der Waals surface area contributed by atoms with Gasteiger partial charge < -0.3 is 10.4 Å². The fraction of sp³-hybridized carbons (Fsp3) is 0.300. The number of nitrogens with one attached hydrogen (secondary N) is 1. The second-order valence-corrected chi connectivity index (χ2v) is 7.02. The number of allylic oxidation sites excluding steroid dienone is 2. The lowest BCUT2D eigenvalue weighted by Gasteiger charge is -2.38. The monoisotopic (exact) mass is 336 g/mol. The van der Waals surface area contributed by atoms with Crippen LogP contribution in [0, 0.1) is 29.9 Å². The molecule has 5 nitrogen and oxygen atoms in total. The van der Waals surface area contributed by atoms with Gasteiger partial charge >= 0.3 is 0 Å². The molecule has 3 unspecified atom stereocenters. The Hall–Kier alpha value is -2.82. The van der Waals surface area contributed by atoms with E-state index in [0.717, 1.165) is 17.7 Å². The maximum Gasteiger partial charge on any atom is 0.270 e. The second-order valence-electron chi connectivity index (χ2n) is 7.02. The molecule has 3 atom stereocenters. The number of benzene rings is 2. The molecule has 0 aromatic heterocycles. The van der Waals surface area contributed by atoms with Crippen LogP contribution in [0.1, 0.15) is 40.6 Å². The zero-order valence-electron chi connectivity index (χ0n) is 14.2. The number of rotatable bonds is 2. The third-order valence-electron chi connectivity index (χ3n) is 5.37. The van der Waals surface area contributed by atoms with E-state index in [1.807, 2.05) is 0 Å². The summed E-state index contributed by atoms with van der Waals surface area (Å²) < 4.78 is 0. The first kappa shape index (κ1) is 15.7. The average Bonchev–Trinajstić information content (AvgIpc) is 3.05. The molecule has 0 fully saturated rings. The summed E-state index contributed by atoms with van der Waals surface area (Å²) in [5.74, 6) is 0.599. The van der Waals surface area contributed by atoms with Crippen molar-refractivity contribution >= 4 is 11.4 Å². The van der Waals surface area contributed by atoms with E-state index >= 15 is 0 Å². The summed E-state index contributed by atoms with van der Waals surface area (Å²) in [6.45, 7) is 4.17. The van der Waals surface area contributed by atoms with E-state index < -0.39 is 4.92 Å². The van der Waals surface area contributed by atoms with Crippen molar-refractivity contribution in [3.05, 3.63) is 74.9 Å². The van der Waals surface area contributed by atoms with Crippen LogP contribution >= 0.6 is 0 Å². The fourth-order valence-corrected chi connectivity index (χ4v) is 4.29. The molecule has 0 spiro atoms. The van der Waals surface area contributed by atoms with E-state index in [0.29, 0.717) is 5.56 Å². The van der Waals surface area contributed by atoms with E-state index in [-0.39, 0.29) is 29.3 Å². The van der Waals surface area contributed by atoms with Crippen LogP contribution in [0.4, 0.5) is 11.4 Å². The lowest BCUT2D eigenvalue weighted by Crippen LogP contribution is -2.29. The van der Waals surface area contributed by atoms with Gasteiger partial charge in [-0.1, -0.05) is 29.8 Å². The van der Waals surface area contributed by atoms with Crippen molar-refractivity contribution in [2.45, 2.75) is 32.2 Å². The molecule has 2 N–H and O–H groups in total. The molecule has 0 amide bonds. The fourth-order valence-electron chi connectivity index (χ4n) is 4.29. The minimum Gasteiger partial charge on any atom is -0.508 e. The molecule has 0 saturated carbocycles. The molecule has 5 heteroatoms. The predicted octanol–water partition coefficient (Wildman–Crippen LogP) is 4.74. The van der Waals surface area contributed by atoms with Gasteiger partial charge in [-0.3, -0.25) is 10.1 Å². The van der Waals surface area contributed by atoms with E-state index in [1.54, 1.807) is 0 Å². The smallest absolute Gasteiger partial charge is 0.270 e. The minimum atomic E-state index is -0.418. The maximum atomic E-state index is 11.2. The molecule has 2 aromatic rings. The predicted molar refractivity (Wildman–Crippen MR) is 97.0 cm³/mol. The lowest BCUT2D eigenvalue weighted by atomic mass is 9.75. The molecule has 128 valence electrons. The number of nitro groups is 1. The molecule has 0 radical (unpaired) electrons. The zero-order chi connectivity index (χ0) is 17.7. The van der Waals surface area contributed by atoms with E-state index in [9.17, 15) is 15.2 Å². The molecule has 1 aliphatic carbocycles. The topological polar surface area (TPSA) is 75.4 Å². The quantitative estimate of drug-likeness (QED) is 0.472. The number of aryl methyl sites for hydroxylation is 2. The summed E-state index contributed by atoms with van der Waals surface area (Å²) >= 11 is 0. The van der Waals surface area contributed by atoms with Crippen LogP contribution in [0.15, 0.2) is 42.5 Å². The number of aromatic hydroxyl groups is 1. The van der Waals surface area contributed by atoms with Crippen LogP contribution in [0.3, 0.4) is 0 Å². The zero-order valence-corrected chi connectivity index (χ0v) is 14.2. The Morgan fingerprint density at radius 3 is 2.76 bits per heavy atom. The highest BCUT2D eigenvalue weighted by Gasteiger charge is 2.39. The number of phenols is 1. The molecule has 1 heterocycles. The SMILES string of the molecule is Cc1cc(C)c2c(c1)C1C=CCC1C(c1cc([N+](=O)[O-])ccc1O)N2. The number of hydrogen-bond acceptors (Lipinski definition) is 4. The van der Waals surface area contributed by atoms with Crippen LogP contribution in [-0.4, -0.2) is 10.0 Å². The van der Waals surface area contributed by atoms with Gasteiger partial charge in [-0.25, -0.2) is 0 Å². The Labute approximate surface area is 146 Å². The number of nitrogens with zero attached hydrogens (tertiary/aromatic N) is 1. The highest BCUT2D eigenvalue weighted by molar-refractivity contribution is 5.66. The third kappa shape index (κ3) is 2.47. The summed E-state index contributed by atoms with van der Waals surface area (Å²) in [5, 5.41) is 25.1. The number of hydrogen-bond donors (Lipinski definition) is 2. The number of anilines is 1. The van der Waals surface area contributed by atoms with Gasteiger partial charge in [0, 0.05) is 29.3 Å². The van der Waals surface area contributed by atoms with Crippen molar-refractivity contribution in [2.24, 2.45) is 5.92 Å². The summed E-state index contributed by atoms with van der Waals surface area (Å²) in [6, 6.07) is 8.45. The van der Waals surface area contributed by atoms with Gasteiger partial charge in [-0.2, -0.15) is 0 Å². The first-order valence-electron chi connectivity index (χ1n) is 8.47. The number of fused-ring (bicyclic) bond motifs is 3. The van der Waals surface area contributed by atoms with Gasteiger partial charge in [0.05, 0.1) is 11.0 Å². The summed E-state index contributed by atoms with van der Waals surface area (Å²) in [6.07, 6.45) is 5.28. The first-order chi connectivity index (χ1) is 12.0. The van der Waals surface area contributed by atoms with Crippen LogP contribution in [0.5, 0.6) is 5.75 Å². The van der Waals surface area contributed by atoms with Gasteiger partial charge in [-0.05, 0) is 43.4 Å². The van der Waals surface area contributed by atoms with Gasteiger partial charge in [-0.15, -0.1) is 0 Å². The Bertz CT molecular complexity index is 904. The molecule has 0 saturated heterocycles. The molecule has 2 aliphatic rings. The maximum absolute atomic E-state index is 11.2. The average molecular weight is 336 g/mol. The highest BCUT2D eigenvalue weighted by atomic mass is 16.6. The Morgan fingerprint density at radius 1 is 1.20 bits per heavy atom. The van der Waals surface area contributed by atoms with Crippen molar-refractivity contribution in [3.63, 3.8) is 0 Å². The lowest BCUT2D eigenvalue weighted by molar-refractivity contribution is -0.385. The van der Waals surface area contributed by atoms with Crippen molar-refractivity contribution in [1.29, 1.82) is 0 Å². The van der Waals surface area contributed by atoms with Gasteiger partial charge in [0.1, 0.15) is 5.75 Å². The van der Waals surface area contributed by atoms with Crippen molar-refractivity contribution < 1.29 is 10.0 Å². The number of non-ortho nitro benzene ring substituents is 1. The summed E-state index contributed by atoms with van der Waals surface area (Å²) in [7, 11) is 0. The number of nitro benzene ring substituents is 1. The Morgan fingerprint density at radius 2 is 2.00 bits per heavy atom. The highest BCUT2D eigenvalue weighted by Crippen LogP contribution is 2.52. The van der Waals surface area contributed by atoms with Crippen molar-refractivity contribution in [2.75, 3.05) is 5.32 Å². The van der Waals surface area contributed by atoms with E-state index in [1.165, 1.54) is 29.3 Å². The van der Waals surface area contributed by atoms with Gasteiger partial charge in [0.25, 0.3) is 5.69 Å². The molecular formula is C20H20N2O3. The molecular weight excluding hydrogens is 316 g/mol. The van der Waals surface area contributed by atoms with Crippen LogP contribution in [0.25, 0.3) is 0 Å². The molecule has 25 heavy (non-hydrogen) atoms. The van der Waals surface area contributed by atoms with E-state index in [4.69, 9.17) is 0 Å². The summed E-state index contributed by atoms with van der Waals surface area (Å²) in [4.78, 5) is 10.7. The number of phenolic OH excluding ortho intramolecular Hbond substituents is 1. The Balaban J connectivity index is 1.85. The largest absolute Gasteiger partial charge is 0.508 e. The van der Waals surface area contributed by atoms with Crippen molar-refractivity contribution in [1.82, 2.24) is 0 Å². The molecule has 4 rings (SSSR count). The standard InChI is InChI=1S/C20H20N2O3/c1-11-8-12(2)19-16(9-11)14-4-3-5-15(14)20(21-19)17-10-13(22(24)25)6-7-18(17)23/h3-4,6-10,14-15,20-21,23H,5H2,1-2H3. The molecule has 0 bridgehead atoms. The van der Waals surface area contributed by atoms with Crippen LogP contribution in [-0.2, 0) is 0 Å². The van der Waals surface area contributed by atoms with Crippen molar-refractivity contribution in [3.8, 4) is 5.75 Å². The van der Waals surface area contributed by atoms with Crippen LogP contribution < -0.4 is 5.32 Å². The van der Waals surface area contributed by atoms with Gasteiger partial charge in [0.2, 0.25) is 0 Å². The minimum absolute atomic E-state index is 0.00327. The molecule has 1 aliphatic heterocycles.